The van der Waals surface area contributed by atoms with Crippen LogP contribution in [0.3, 0.4) is 0 Å². The molecule has 0 bridgehead atoms. The van der Waals surface area contributed by atoms with Crippen LogP contribution in [0.25, 0.3) is 22.1 Å². The Morgan fingerprint density at radius 2 is 1.32 bits per heavy atom. The van der Waals surface area contributed by atoms with Gasteiger partial charge < -0.3 is 50.5 Å². The number of ether oxygens (including phenoxy) is 1. The topological polar surface area (TPSA) is 228 Å². The van der Waals surface area contributed by atoms with E-state index in [0.29, 0.717) is 88.0 Å². The van der Waals surface area contributed by atoms with Gasteiger partial charge in [0.05, 0.1) is 24.4 Å². The summed E-state index contributed by atoms with van der Waals surface area (Å²) >= 11 is 0. The van der Waals surface area contributed by atoms with Gasteiger partial charge in [-0.15, -0.1) is 0 Å². The second kappa shape index (κ2) is 25.4. The van der Waals surface area contributed by atoms with E-state index in [1.807, 2.05) is 119 Å². The van der Waals surface area contributed by atoms with Gasteiger partial charge in [0, 0.05) is 99.8 Å². The molecule has 420 valence electrons. The van der Waals surface area contributed by atoms with Gasteiger partial charge in [0.15, 0.2) is 11.6 Å². The first-order valence-corrected chi connectivity index (χ1v) is 27.7. The second-order valence-electron chi connectivity index (χ2n) is 21.8. The molecular formula is C59H75N17O4. The number of carbonyl (C=O) groups is 3. The number of hydrogen-bond donors (Lipinski definition) is 4. The highest BCUT2D eigenvalue weighted by molar-refractivity contribution is 6.09. The molecule has 3 amide bonds. The number of hydrogen-bond acceptors (Lipinski definition) is 18. The number of carbonyl (C=O) groups excluding carboxylic acids is 3. The molecule has 1 unspecified atom stereocenters. The molecule has 3 aromatic carbocycles. The van der Waals surface area contributed by atoms with Gasteiger partial charge in [0.2, 0.25) is 17.8 Å². The maximum atomic E-state index is 13.5. The molecule has 2 fully saturated rings. The molecule has 1 atom stereocenters. The monoisotopic (exact) mass is 1090 g/mol. The van der Waals surface area contributed by atoms with Crippen LogP contribution in [0.15, 0.2) is 79.6 Å². The molecule has 80 heavy (non-hydrogen) atoms. The first-order valence-electron chi connectivity index (χ1n) is 27.7. The lowest BCUT2D eigenvalue weighted by molar-refractivity contribution is -0.122. The fraction of sp³-hybridized carbons (Fsp3) is 0.441. The van der Waals surface area contributed by atoms with Gasteiger partial charge in [-0.3, -0.25) is 14.4 Å². The first kappa shape index (κ1) is 56.7. The van der Waals surface area contributed by atoms with Crippen molar-refractivity contribution < 1.29 is 19.1 Å². The molecule has 3 aliphatic heterocycles. The Balaban J connectivity index is 0.000000203. The summed E-state index contributed by atoms with van der Waals surface area (Å²) in [5.41, 5.74) is 8.89. The smallest absolute Gasteiger partial charge is 0.255 e. The van der Waals surface area contributed by atoms with E-state index in [9.17, 15) is 14.4 Å². The number of likely N-dealkylation sites (tertiary alicyclic amines) is 1. The van der Waals surface area contributed by atoms with E-state index < -0.39 is 5.41 Å². The number of aromatic nitrogens is 8. The Hall–Kier alpha value is -8.01. The van der Waals surface area contributed by atoms with Crippen LogP contribution in [0.5, 0.6) is 0 Å². The van der Waals surface area contributed by atoms with Crippen LogP contribution >= 0.6 is 0 Å². The minimum Gasteiger partial charge on any atom is -0.381 e. The van der Waals surface area contributed by atoms with Crippen molar-refractivity contribution in [1.29, 1.82) is 0 Å². The average molecular weight is 1090 g/mol. The van der Waals surface area contributed by atoms with Gasteiger partial charge in [0.25, 0.3) is 11.8 Å². The fourth-order valence-corrected chi connectivity index (χ4v) is 9.90. The molecule has 10 rings (SSSR count). The Morgan fingerprint density at radius 1 is 0.725 bits per heavy atom. The van der Waals surface area contributed by atoms with Crippen LogP contribution in [-0.2, 0) is 14.9 Å². The molecule has 7 heterocycles. The molecule has 7 aromatic rings. The van der Waals surface area contributed by atoms with Crippen molar-refractivity contribution in [2.45, 2.75) is 72.1 Å². The van der Waals surface area contributed by atoms with Gasteiger partial charge in [-0.25, -0.2) is 39.9 Å². The van der Waals surface area contributed by atoms with E-state index in [4.69, 9.17) is 14.7 Å². The average Bonchev–Trinajstić information content (AvgIpc) is 4.40. The number of fused-ring (bicyclic) bond motifs is 3. The second-order valence-corrected chi connectivity index (χ2v) is 21.8. The molecule has 21 heteroatoms. The molecule has 0 radical (unpaired) electrons. The number of nitrogens with zero attached hydrogens (tertiary/aromatic N) is 13. The zero-order valence-electron chi connectivity index (χ0n) is 47.6. The summed E-state index contributed by atoms with van der Waals surface area (Å²) in [5.74, 6) is 2.45. The van der Waals surface area contributed by atoms with Gasteiger partial charge in [0.1, 0.15) is 34.7 Å². The fourth-order valence-electron chi connectivity index (χ4n) is 9.90. The van der Waals surface area contributed by atoms with Crippen molar-refractivity contribution in [2.75, 3.05) is 124 Å². The molecule has 2 saturated heterocycles. The Bertz CT molecular complexity index is 3340. The van der Waals surface area contributed by atoms with E-state index in [2.05, 4.69) is 67.9 Å². The predicted molar refractivity (Wildman–Crippen MR) is 316 cm³/mol. The predicted octanol–water partition coefficient (Wildman–Crippen LogP) is 7.92. The van der Waals surface area contributed by atoms with E-state index in [0.717, 1.165) is 98.9 Å². The van der Waals surface area contributed by atoms with Crippen LogP contribution in [0.2, 0.25) is 0 Å². The standard InChI is InChI=1S/C35H43N9O2.C24H32N8O2/c1-6-7-14-42(5)34-36-21-28-30(41-34)31(38-22-37-28)40-27-19-24(11-10-23(27)2)32(45)39-25-12-13-29-26(20-25)35(3,4)33(46)44(29)18-17-43-15-8-9-16-43;1-16-5-6-18(23(33)25-12-17-7-10-34-14-17)11-19(16)29-22-21-20(27-15-28-22)13-26-24(30-21)32(4)9-8-31(2)3/h10-13,19-22H,6-9,14-18H2,1-5H3,(H,39,45)(H,37,38,40);5-6,11,13,15,17H,7-10,12,14H2,1-4H3,(H,25,33)(H,27,28,29). The molecule has 0 saturated carbocycles. The molecule has 21 nitrogen and oxygen atoms in total. The summed E-state index contributed by atoms with van der Waals surface area (Å²) in [6, 6.07) is 16.9. The summed E-state index contributed by atoms with van der Waals surface area (Å²) in [6.45, 7) is 18.4. The summed E-state index contributed by atoms with van der Waals surface area (Å²) in [7, 11) is 8.01. The number of anilines is 8. The van der Waals surface area contributed by atoms with Crippen LogP contribution in [-0.4, -0.2) is 161 Å². The van der Waals surface area contributed by atoms with Crippen molar-refractivity contribution in [3.05, 3.63) is 107 Å². The van der Waals surface area contributed by atoms with Crippen LogP contribution < -0.4 is 36.0 Å². The lowest BCUT2D eigenvalue weighted by Crippen LogP contribution is -2.40. The lowest BCUT2D eigenvalue weighted by atomic mass is 9.86. The normalized spacial score (nSPS) is 15.7. The van der Waals surface area contributed by atoms with E-state index in [-0.39, 0.29) is 17.7 Å². The highest BCUT2D eigenvalue weighted by atomic mass is 16.5. The number of rotatable bonds is 20. The van der Waals surface area contributed by atoms with E-state index in [1.165, 1.54) is 25.5 Å². The van der Waals surface area contributed by atoms with Crippen molar-refractivity contribution in [1.82, 2.24) is 55.0 Å². The van der Waals surface area contributed by atoms with Crippen molar-refractivity contribution in [3.63, 3.8) is 0 Å². The number of amides is 3. The quantitative estimate of drug-likeness (QED) is 0.0568. The molecule has 3 aliphatic rings. The van der Waals surface area contributed by atoms with Crippen molar-refractivity contribution in [3.8, 4) is 0 Å². The van der Waals surface area contributed by atoms with Gasteiger partial charge in [-0.05, 0) is 140 Å². The third-order valence-corrected chi connectivity index (χ3v) is 15.1. The molecule has 4 N–H and O–H groups in total. The van der Waals surface area contributed by atoms with Crippen molar-refractivity contribution >= 4 is 86.1 Å². The van der Waals surface area contributed by atoms with Gasteiger partial charge in [-0.1, -0.05) is 25.5 Å². The molecule has 0 aliphatic carbocycles. The Labute approximate surface area is 468 Å². The van der Waals surface area contributed by atoms with Crippen molar-refractivity contribution in [2.24, 2.45) is 5.92 Å². The SMILES string of the molecule is CCCCN(C)c1ncc2ncnc(Nc3cc(C(=O)Nc4ccc5c(c4)C(C)(C)C(=O)N5CCN4CCCC4)ccc3C)c2n1.Cc1ccc(C(=O)NCC2CCOC2)cc1Nc1ncnc2cnc(N(C)CCN(C)C)nc12. The zero-order chi connectivity index (χ0) is 56.5. The molecule has 0 spiro atoms. The van der Waals surface area contributed by atoms with E-state index >= 15 is 0 Å². The lowest BCUT2D eigenvalue weighted by Gasteiger charge is -2.23. The summed E-state index contributed by atoms with van der Waals surface area (Å²) in [4.78, 5) is 86.1. The van der Waals surface area contributed by atoms with Crippen LogP contribution in [0, 0.1) is 19.8 Å². The third-order valence-electron chi connectivity index (χ3n) is 15.1. The molecule has 4 aromatic heterocycles. The minimum absolute atomic E-state index is 0.0988. The Morgan fingerprint density at radius 3 is 1.90 bits per heavy atom. The number of unbranched alkanes of at least 4 members (excludes halogenated alkanes) is 1. The maximum Gasteiger partial charge on any atom is 0.255 e. The third kappa shape index (κ3) is 13.3. The summed E-state index contributed by atoms with van der Waals surface area (Å²) < 4.78 is 5.39. The number of benzene rings is 3. The van der Waals surface area contributed by atoms with Crippen LogP contribution in [0.4, 0.5) is 46.3 Å². The largest absolute Gasteiger partial charge is 0.381 e. The number of likely N-dealkylation sites (N-methyl/N-ethyl adjacent to an activating group) is 2. The summed E-state index contributed by atoms with van der Waals surface area (Å²) in [5, 5.41) is 12.8. The summed E-state index contributed by atoms with van der Waals surface area (Å²) in [6.07, 6.45) is 11.9. The van der Waals surface area contributed by atoms with E-state index in [1.54, 1.807) is 18.5 Å². The first-order chi connectivity index (χ1) is 38.6. The number of nitrogens with one attached hydrogen (secondary N) is 4. The highest BCUT2D eigenvalue weighted by Gasteiger charge is 2.44. The zero-order valence-corrected chi connectivity index (χ0v) is 47.6. The highest BCUT2D eigenvalue weighted by Crippen LogP contribution is 2.43. The minimum atomic E-state index is -0.670. The maximum absolute atomic E-state index is 13.5. The van der Waals surface area contributed by atoms with Crippen LogP contribution in [0.1, 0.15) is 90.3 Å². The Kier molecular flexibility index (Phi) is 18.0. The van der Waals surface area contributed by atoms with Gasteiger partial charge in [-0.2, -0.15) is 0 Å². The number of aryl methyl sites for hydroxylation is 2. The van der Waals surface area contributed by atoms with Gasteiger partial charge >= 0.3 is 0 Å². The molecular weight excluding hydrogens is 1010 g/mol.